The molecule has 1 N–H and O–H groups in total. The third kappa shape index (κ3) is 2.69. The van der Waals surface area contributed by atoms with Crippen LogP contribution in [0.4, 0.5) is 0 Å². The summed E-state index contributed by atoms with van der Waals surface area (Å²) in [6.45, 7) is 5.78. The minimum absolute atomic E-state index is 0.142. The summed E-state index contributed by atoms with van der Waals surface area (Å²) in [5.41, 5.74) is 4.66. The van der Waals surface area contributed by atoms with Gasteiger partial charge in [0.15, 0.2) is 0 Å². The lowest BCUT2D eigenvalue weighted by Crippen LogP contribution is -2.27. The number of hydrogen-bond donors (Lipinski definition) is 1. The van der Waals surface area contributed by atoms with Crippen molar-refractivity contribution in [3.63, 3.8) is 0 Å². The minimum atomic E-state index is -0.144. The number of aromatic nitrogens is 4. The van der Waals surface area contributed by atoms with Crippen molar-refractivity contribution in [2.24, 2.45) is 7.05 Å². The molecule has 1 fully saturated rings. The smallest absolute Gasteiger partial charge is 0.259 e. The summed E-state index contributed by atoms with van der Waals surface area (Å²) in [6.07, 6.45) is 4.01. The molecule has 1 aliphatic rings. The van der Waals surface area contributed by atoms with Crippen molar-refractivity contribution in [3.05, 3.63) is 40.5 Å². The molecule has 1 saturated carbocycles. The maximum Gasteiger partial charge on any atom is 0.259 e. The maximum atomic E-state index is 13.0. The van der Waals surface area contributed by atoms with Crippen LogP contribution in [0.15, 0.2) is 16.8 Å². The number of fused-ring (bicyclic) bond motifs is 1. The molecule has 0 bridgehead atoms. The average Bonchev–Trinajstić information content (AvgIpc) is 3.30. The van der Waals surface area contributed by atoms with Crippen molar-refractivity contribution in [1.29, 1.82) is 0 Å². The summed E-state index contributed by atoms with van der Waals surface area (Å²) in [5.74, 6) is 0.288. The Hall–Kier alpha value is -2.70. The van der Waals surface area contributed by atoms with Crippen LogP contribution >= 0.6 is 0 Å². The highest BCUT2D eigenvalue weighted by atomic mass is 16.5. The van der Waals surface area contributed by atoms with E-state index in [1.807, 2.05) is 33.9 Å². The summed E-state index contributed by atoms with van der Waals surface area (Å²) in [6, 6.07) is 1.75. The van der Waals surface area contributed by atoms with Crippen molar-refractivity contribution in [3.8, 4) is 0 Å². The van der Waals surface area contributed by atoms with Crippen LogP contribution in [-0.4, -0.2) is 25.8 Å². The zero-order valence-electron chi connectivity index (χ0n) is 14.8. The van der Waals surface area contributed by atoms with E-state index in [9.17, 15) is 4.79 Å². The van der Waals surface area contributed by atoms with Gasteiger partial charge in [-0.25, -0.2) is 4.98 Å². The van der Waals surface area contributed by atoms with E-state index in [1.165, 1.54) is 0 Å². The Kier molecular flexibility index (Phi) is 3.59. The van der Waals surface area contributed by atoms with Gasteiger partial charge >= 0.3 is 0 Å². The molecule has 25 heavy (non-hydrogen) atoms. The molecule has 3 aromatic heterocycles. The largest absolute Gasteiger partial charge is 0.345 e. The highest BCUT2D eigenvalue weighted by Gasteiger charge is 2.29. The number of nitrogens with one attached hydrogen (secondary N) is 1. The molecule has 0 spiro atoms. The van der Waals surface area contributed by atoms with E-state index >= 15 is 0 Å². The molecule has 7 nitrogen and oxygen atoms in total. The Bertz CT molecular complexity index is 967. The number of aryl methyl sites for hydroxylation is 2. The van der Waals surface area contributed by atoms with E-state index in [2.05, 4.69) is 20.6 Å². The second-order valence-electron chi connectivity index (χ2n) is 6.82. The molecule has 130 valence electrons. The van der Waals surface area contributed by atoms with E-state index in [4.69, 9.17) is 4.52 Å². The molecule has 3 aromatic rings. The summed E-state index contributed by atoms with van der Waals surface area (Å²) in [4.78, 5) is 17.5. The van der Waals surface area contributed by atoms with E-state index in [0.29, 0.717) is 28.3 Å². The molecule has 1 aliphatic carbocycles. The van der Waals surface area contributed by atoms with Gasteiger partial charge in [-0.2, -0.15) is 5.10 Å². The highest BCUT2D eigenvalue weighted by molar-refractivity contribution is 6.06. The number of pyridine rings is 1. The Labute approximate surface area is 145 Å². The van der Waals surface area contributed by atoms with Crippen LogP contribution in [0.3, 0.4) is 0 Å². The molecule has 1 unspecified atom stereocenters. The molecule has 4 rings (SSSR count). The molecule has 1 amide bonds. The van der Waals surface area contributed by atoms with Crippen LogP contribution in [0.5, 0.6) is 0 Å². The zero-order valence-corrected chi connectivity index (χ0v) is 14.8. The van der Waals surface area contributed by atoms with Gasteiger partial charge in [-0.1, -0.05) is 5.16 Å². The Morgan fingerprint density at radius 2 is 2.16 bits per heavy atom. The first kappa shape index (κ1) is 15.8. The van der Waals surface area contributed by atoms with Crippen molar-refractivity contribution >= 4 is 17.0 Å². The minimum Gasteiger partial charge on any atom is -0.345 e. The molecule has 0 aliphatic heterocycles. The first-order valence-corrected chi connectivity index (χ1v) is 8.52. The second-order valence-corrected chi connectivity index (χ2v) is 6.82. The zero-order chi connectivity index (χ0) is 17.7. The molecule has 0 radical (unpaired) electrons. The van der Waals surface area contributed by atoms with Crippen LogP contribution in [0.2, 0.25) is 0 Å². The molecule has 0 aromatic carbocycles. The van der Waals surface area contributed by atoms with E-state index in [1.54, 1.807) is 10.9 Å². The number of rotatable bonds is 4. The second kappa shape index (κ2) is 5.68. The molecule has 7 heteroatoms. The summed E-state index contributed by atoms with van der Waals surface area (Å²) in [5, 5.41) is 12.0. The van der Waals surface area contributed by atoms with Gasteiger partial charge in [0, 0.05) is 29.9 Å². The Balaban J connectivity index is 1.69. The Morgan fingerprint density at radius 1 is 1.40 bits per heavy atom. The summed E-state index contributed by atoms with van der Waals surface area (Å²) in [7, 11) is 1.89. The lowest BCUT2D eigenvalue weighted by Gasteiger charge is -2.14. The lowest BCUT2D eigenvalue weighted by molar-refractivity contribution is 0.0941. The van der Waals surface area contributed by atoms with E-state index in [0.717, 1.165) is 29.8 Å². The molecular weight excluding hydrogens is 318 g/mol. The van der Waals surface area contributed by atoms with Gasteiger partial charge in [0.1, 0.15) is 0 Å². The fourth-order valence-electron chi connectivity index (χ4n) is 3.17. The quantitative estimate of drug-likeness (QED) is 0.790. The normalized spacial score (nSPS) is 15.5. The standard InChI is InChI=1S/C18H21N5O2/c1-9(14-8-19-23(4)11(14)3)20-17(24)13-7-15(12-5-6-12)21-18-16(13)10(2)22-25-18/h7-9,12H,5-6H2,1-4H3,(H,20,24). The SMILES string of the molecule is Cc1noc2nc(C3CC3)cc(C(=O)NC(C)c3cnn(C)c3C)c12. The number of nitrogens with zero attached hydrogens (tertiary/aromatic N) is 4. The van der Waals surface area contributed by atoms with Crippen LogP contribution < -0.4 is 5.32 Å². The third-order valence-corrected chi connectivity index (χ3v) is 4.96. The van der Waals surface area contributed by atoms with Crippen molar-refractivity contribution in [1.82, 2.24) is 25.2 Å². The molecule has 1 atom stereocenters. The number of carbonyl (C=O) groups is 1. The van der Waals surface area contributed by atoms with Crippen molar-refractivity contribution in [2.45, 2.75) is 45.6 Å². The van der Waals surface area contributed by atoms with E-state index < -0.39 is 0 Å². The van der Waals surface area contributed by atoms with Crippen LogP contribution in [0, 0.1) is 13.8 Å². The fourth-order valence-corrected chi connectivity index (χ4v) is 3.17. The maximum absolute atomic E-state index is 13.0. The first-order valence-electron chi connectivity index (χ1n) is 8.52. The molecule has 3 heterocycles. The van der Waals surface area contributed by atoms with Gasteiger partial charge < -0.3 is 9.84 Å². The van der Waals surface area contributed by atoms with Crippen LogP contribution in [-0.2, 0) is 7.05 Å². The predicted octanol–water partition coefficient (Wildman–Crippen LogP) is 2.94. The number of amides is 1. The average molecular weight is 339 g/mol. The highest BCUT2D eigenvalue weighted by Crippen LogP contribution is 2.40. The van der Waals surface area contributed by atoms with Gasteiger partial charge in [0.05, 0.1) is 28.9 Å². The number of hydrogen-bond acceptors (Lipinski definition) is 5. The lowest BCUT2D eigenvalue weighted by atomic mass is 10.1. The van der Waals surface area contributed by atoms with Gasteiger partial charge in [-0.15, -0.1) is 0 Å². The molecular formula is C18H21N5O2. The monoisotopic (exact) mass is 339 g/mol. The third-order valence-electron chi connectivity index (χ3n) is 4.96. The first-order chi connectivity index (χ1) is 12.0. The van der Waals surface area contributed by atoms with Crippen molar-refractivity contribution in [2.75, 3.05) is 0 Å². The summed E-state index contributed by atoms with van der Waals surface area (Å²) >= 11 is 0. The van der Waals surface area contributed by atoms with Crippen LogP contribution in [0.1, 0.15) is 64.7 Å². The van der Waals surface area contributed by atoms with Gasteiger partial charge in [0.25, 0.3) is 11.6 Å². The number of carbonyl (C=O) groups excluding carboxylic acids is 1. The van der Waals surface area contributed by atoms with Crippen molar-refractivity contribution < 1.29 is 9.32 Å². The van der Waals surface area contributed by atoms with Gasteiger partial charge in [-0.3, -0.25) is 9.48 Å². The van der Waals surface area contributed by atoms with Gasteiger partial charge in [-0.05, 0) is 39.7 Å². The molecule has 0 saturated heterocycles. The van der Waals surface area contributed by atoms with Gasteiger partial charge in [0.2, 0.25) is 0 Å². The summed E-state index contributed by atoms with van der Waals surface area (Å²) < 4.78 is 7.12. The Morgan fingerprint density at radius 3 is 2.80 bits per heavy atom. The fraction of sp³-hybridized carbons (Fsp3) is 0.444. The predicted molar refractivity (Wildman–Crippen MR) is 92.3 cm³/mol. The topological polar surface area (TPSA) is 85.8 Å². The van der Waals surface area contributed by atoms with Crippen LogP contribution in [0.25, 0.3) is 11.1 Å². The van der Waals surface area contributed by atoms with E-state index in [-0.39, 0.29) is 11.9 Å².